The van der Waals surface area contributed by atoms with Gasteiger partial charge in [0.05, 0.1) is 0 Å². The summed E-state index contributed by atoms with van der Waals surface area (Å²) in [4.78, 5) is 21.5. The number of fused-ring (bicyclic) bond motifs is 1. The van der Waals surface area contributed by atoms with Gasteiger partial charge in [0.25, 0.3) is 0 Å². The number of hydrogen-bond donors (Lipinski definition) is 2. The molecule has 0 aliphatic carbocycles. The molecule has 0 radical (unpaired) electrons. The SMILES string of the molecule is O=C(O)C(=O)C[C@H]1CNc2ccccc21. The molecule has 0 unspecified atom stereocenters. The van der Waals surface area contributed by atoms with E-state index in [4.69, 9.17) is 5.11 Å². The topological polar surface area (TPSA) is 66.4 Å². The van der Waals surface area contributed by atoms with E-state index in [9.17, 15) is 9.59 Å². The lowest BCUT2D eigenvalue weighted by molar-refractivity contribution is -0.149. The molecule has 4 heteroatoms. The maximum Gasteiger partial charge on any atom is 0.372 e. The van der Waals surface area contributed by atoms with Crippen molar-refractivity contribution in [1.82, 2.24) is 0 Å². The summed E-state index contributed by atoms with van der Waals surface area (Å²) in [5.74, 6) is -2.08. The molecule has 0 saturated carbocycles. The molecule has 15 heavy (non-hydrogen) atoms. The molecule has 1 heterocycles. The van der Waals surface area contributed by atoms with Crippen LogP contribution in [0.1, 0.15) is 17.9 Å². The van der Waals surface area contributed by atoms with E-state index < -0.39 is 11.8 Å². The van der Waals surface area contributed by atoms with Gasteiger partial charge in [0.2, 0.25) is 5.78 Å². The lowest BCUT2D eigenvalue weighted by Crippen LogP contribution is -2.17. The van der Waals surface area contributed by atoms with Crippen molar-refractivity contribution in [3.63, 3.8) is 0 Å². The number of Topliss-reactive ketones (excluding diaryl/α,β-unsaturated/α-hetero) is 1. The molecule has 0 amide bonds. The summed E-state index contributed by atoms with van der Waals surface area (Å²) in [5.41, 5.74) is 2.03. The monoisotopic (exact) mass is 205 g/mol. The van der Waals surface area contributed by atoms with Gasteiger partial charge in [0, 0.05) is 24.6 Å². The summed E-state index contributed by atoms with van der Waals surface area (Å²) in [6.45, 7) is 0.637. The van der Waals surface area contributed by atoms with Crippen LogP contribution in [-0.2, 0) is 9.59 Å². The van der Waals surface area contributed by atoms with Gasteiger partial charge in [0.1, 0.15) is 0 Å². The Hall–Kier alpha value is -1.84. The normalized spacial score (nSPS) is 18.0. The Kier molecular flexibility index (Phi) is 2.41. The van der Waals surface area contributed by atoms with E-state index in [1.54, 1.807) is 0 Å². The number of aliphatic carboxylic acids is 1. The van der Waals surface area contributed by atoms with Crippen molar-refractivity contribution in [1.29, 1.82) is 0 Å². The smallest absolute Gasteiger partial charge is 0.372 e. The van der Waals surface area contributed by atoms with Crippen molar-refractivity contribution >= 4 is 17.4 Å². The number of carboxylic acid groups (broad SMARTS) is 1. The van der Waals surface area contributed by atoms with E-state index in [1.165, 1.54) is 0 Å². The zero-order valence-electron chi connectivity index (χ0n) is 8.06. The van der Waals surface area contributed by atoms with Gasteiger partial charge in [0.15, 0.2) is 0 Å². The van der Waals surface area contributed by atoms with E-state index >= 15 is 0 Å². The molecule has 0 saturated heterocycles. The number of para-hydroxylation sites is 1. The lowest BCUT2D eigenvalue weighted by Gasteiger charge is -2.06. The zero-order valence-corrected chi connectivity index (χ0v) is 8.06. The average molecular weight is 205 g/mol. The van der Waals surface area contributed by atoms with Gasteiger partial charge < -0.3 is 10.4 Å². The number of carbonyl (C=O) groups is 2. The van der Waals surface area contributed by atoms with Crippen molar-refractivity contribution in [3.05, 3.63) is 29.8 Å². The molecule has 1 atom stereocenters. The summed E-state index contributed by atoms with van der Waals surface area (Å²) in [5, 5.41) is 11.7. The number of nitrogens with one attached hydrogen (secondary N) is 1. The molecule has 2 rings (SSSR count). The number of rotatable bonds is 3. The van der Waals surface area contributed by atoms with Crippen LogP contribution in [0.4, 0.5) is 5.69 Å². The number of hydrogen-bond acceptors (Lipinski definition) is 3. The van der Waals surface area contributed by atoms with Crippen LogP contribution in [0.25, 0.3) is 0 Å². The summed E-state index contributed by atoms with van der Waals surface area (Å²) in [6, 6.07) is 7.66. The highest BCUT2D eigenvalue weighted by Gasteiger charge is 2.26. The first kappa shape index (κ1) is 9.71. The summed E-state index contributed by atoms with van der Waals surface area (Å²) < 4.78 is 0. The molecule has 0 spiro atoms. The first-order valence-corrected chi connectivity index (χ1v) is 4.77. The van der Waals surface area contributed by atoms with E-state index in [-0.39, 0.29) is 12.3 Å². The molecule has 1 aliphatic rings. The molecule has 4 nitrogen and oxygen atoms in total. The Bertz CT molecular complexity index is 414. The second kappa shape index (κ2) is 3.73. The number of benzene rings is 1. The third-order valence-electron chi connectivity index (χ3n) is 2.61. The minimum absolute atomic E-state index is 0.00944. The fraction of sp³-hybridized carbons (Fsp3) is 0.273. The number of carboxylic acids is 1. The third-order valence-corrected chi connectivity index (χ3v) is 2.61. The maximum atomic E-state index is 11.1. The summed E-state index contributed by atoms with van der Waals surface area (Å²) in [6.07, 6.45) is 0.0688. The fourth-order valence-electron chi connectivity index (χ4n) is 1.85. The third kappa shape index (κ3) is 1.83. The minimum Gasteiger partial charge on any atom is -0.476 e. The largest absolute Gasteiger partial charge is 0.476 e. The average Bonchev–Trinajstić information content (AvgIpc) is 2.62. The van der Waals surface area contributed by atoms with Gasteiger partial charge in [-0.05, 0) is 11.6 Å². The van der Waals surface area contributed by atoms with Crippen LogP contribution in [-0.4, -0.2) is 23.4 Å². The molecule has 1 aromatic rings. The first-order valence-electron chi connectivity index (χ1n) is 4.77. The Morgan fingerprint density at radius 1 is 1.40 bits per heavy atom. The summed E-state index contributed by atoms with van der Waals surface area (Å²) in [7, 11) is 0. The Labute approximate surface area is 86.9 Å². The van der Waals surface area contributed by atoms with Crippen LogP contribution >= 0.6 is 0 Å². The molecule has 0 aromatic heterocycles. The highest BCUT2D eigenvalue weighted by Crippen LogP contribution is 2.33. The number of anilines is 1. The predicted octanol–water partition coefficient (Wildman–Crippen LogP) is 1.24. The van der Waals surface area contributed by atoms with Crippen LogP contribution in [0.2, 0.25) is 0 Å². The van der Waals surface area contributed by atoms with Crippen LogP contribution in [0.5, 0.6) is 0 Å². The molecule has 1 aliphatic heterocycles. The standard InChI is InChI=1S/C11H11NO3/c13-10(11(14)15)5-7-6-12-9-4-2-1-3-8(7)9/h1-4,7,12H,5-6H2,(H,14,15)/t7-/m0/s1. The van der Waals surface area contributed by atoms with Crippen LogP contribution < -0.4 is 5.32 Å². The van der Waals surface area contributed by atoms with Gasteiger partial charge in [-0.2, -0.15) is 0 Å². The predicted molar refractivity (Wildman–Crippen MR) is 54.9 cm³/mol. The van der Waals surface area contributed by atoms with Crippen molar-refractivity contribution in [2.45, 2.75) is 12.3 Å². The van der Waals surface area contributed by atoms with Crippen molar-refractivity contribution < 1.29 is 14.7 Å². The van der Waals surface area contributed by atoms with E-state index in [0.29, 0.717) is 6.54 Å². The van der Waals surface area contributed by atoms with Gasteiger partial charge in [-0.15, -0.1) is 0 Å². The van der Waals surface area contributed by atoms with Gasteiger partial charge >= 0.3 is 5.97 Å². The highest BCUT2D eigenvalue weighted by molar-refractivity contribution is 6.32. The molecule has 0 fully saturated rings. The second-order valence-electron chi connectivity index (χ2n) is 3.60. The fourth-order valence-corrected chi connectivity index (χ4v) is 1.85. The van der Waals surface area contributed by atoms with Crippen LogP contribution in [0.3, 0.4) is 0 Å². The Balaban J connectivity index is 2.14. The second-order valence-corrected chi connectivity index (χ2v) is 3.60. The van der Waals surface area contributed by atoms with Crippen molar-refractivity contribution in [3.8, 4) is 0 Å². The van der Waals surface area contributed by atoms with Crippen molar-refractivity contribution in [2.24, 2.45) is 0 Å². The Morgan fingerprint density at radius 3 is 2.87 bits per heavy atom. The zero-order chi connectivity index (χ0) is 10.8. The molecule has 2 N–H and O–H groups in total. The van der Waals surface area contributed by atoms with E-state index in [1.807, 2.05) is 24.3 Å². The minimum atomic E-state index is -1.35. The molecule has 78 valence electrons. The van der Waals surface area contributed by atoms with E-state index in [2.05, 4.69) is 5.32 Å². The Morgan fingerprint density at radius 2 is 2.13 bits per heavy atom. The molecule has 1 aromatic carbocycles. The lowest BCUT2D eigenvalue weighted by atomic mass is 9.96. The van der Waals surface area contributed by atoms with Gasteiger partial charge in [-0.3, -0.25) is 4.79 Å². The number of carbonyl (C=O) groups excluding carboxylic acids is 1. The molecule has 0 bridgehead atoms. The maximum absolute atomic E-state index is 11.1. The van der Waals surface area contributed by atoms with Crippen LogP contribution in [0, 0.1) is 0 Å². The van der Waals surface area contributed by atoms with Gasteiger partial charge in [-0.1, -0.05) is 18.2 Å². The van der Waals surface area contributed by atoms with Crippen molar-refractivity contribution in [2.75, 3.05) is 11.9 Å². The van der Waals surface area contributed by atoms with E-state index in [0.717, 1.165) is 11.3 Å². The highest BCUT2D eigenvalue weighted by atomic mass is 16.4. The molecular formula is C11H11NO3. The first-order chi connectivity index (χ1) is 7.18. The molecular weight excluding hydrogens is 194 g/mol. The number of ketones is 1. The quantitative estimate of drug-likeness (QED) is 0.728. The van der Waals surface area contributed by atoms with Gasteiger partial charge in [-0.25, -0.2) is 4.79 Å². The summed E-state index contributed by atoms with van der Waals surface area (Å²) >= 11 is 0. The van der Waals surface area contributed by atoms with Crippen LogP contribution in [0.15, 0.2) is 24.3 Å².